The second kappa shape index (κ2) is 6.20. The summed E-state index contributed by atoms with van der Waals surface area (Å²) in [5.74, 6) is -3.41. The third kappa shape index (κ3) is 2.69. The fourth-order valence-electron chi connectivity index (χ4n) is 2.87. The molecule has 9 heteroatoms. The molecule has 0 aliphatic carbocycles. The van der Waals surface area contributed by atoms with Gasteiger partial charge in [-0.2, -0.15) is 4.39 Å². The summed E-state index contributed by atoms with van der Waals surface area (Å²) in [6, 6.07) is 7.57. The Morgan fingerprint density at radius 3 is 2.52 bits per heavy atom. The van der Waals surface area contributed by atoms with Gasteiger partial charge in [0.05, 0.1) is 5.56 Å². The van der Waals surface area contributed by atoms with Crippen LogP contribution in [-0.2, 0) is 0 Å². The van der Waals surface area contributed by atoms with Crippen molar-refractivity contribution in [2.45, 2.75) is 6.92 Å². The predicted molar refractivity (Wildman–Crippen MR) is 90.9 cm³/mol. The summed E-state index contributed by atoms with van der Waals surface area (Å²) < 4.78 is 32.9. The number of aryl methyl sites for hydroxylation is 1. The maximum absolute atomic E-state index is 14.1. The van der Waals surface area contributed by atoms with E-state index in [0.717, 1.165) is 6.07 Å². The van der Waals surface area contributed by atoms with E-state index < -0.39 is 28.6 Å². The van der Waals surface area contributed by atoms with Gasteiger partial charge in [0.25, 0.3) is 0 Å². The Morgan fingerprint density at radius 1 is 1.07 bits per heavy atom. The number of halogens is 2. The third-order valence-electron chi connectivity index (χ3n) is 4.14. The van der Waals surface area contributed by atoms with Gasteiger partial charge in [-0.15, -0.1) is 20.4 Å². The van der Waals surface area contributed by atoms with E-state index in [1.165, 1.54) is 6.33 Å². The van der Waals surface area contributed by atoms with E-state index in [-0.39, 0.29) is 16.8 Å². The Kier molecular flexibility index (Phi) is 3.84. The summed E-state index contributed by atoms with van der Waals surface area (Å²) in [5, 5.41) is 24.5. The van der Waals surface area contributed by atoms with Crippen LogP contribution < -0.4 is 5.63 Å². The van der Waals surface area contributed by atoms with E-state index >= 15 is 0 Å². The first kappa shape index (κ1) is 16.7. The summed E-state index contributed by atoms with van der Waals surface area (Å²) in [5.41, 5.74) is 0.104. The number of phenols is 1. The molecule has 2 aromatic carbocycles. The Morgan fingerprint density at radius 2 is 1.78 bits per heavy atom. The van der Waals surface area contributed by atoms with Crippen molar-refractivity contribution in [3.63, 3.8) is 0 Å². The number of aromatic hydroxyl groups is 1. The van der Waals surface area contributed by atoms with E-state index in [9.17, 15) is 18.7 Å². The van der Waals surface area contributed by atoms with Crippen molar-refractivity contribution in [1.82, 2.24) is 20.4 Å². The van der Waals surface area contributed by atoms with Crippen molar-refractivity contribution in [2.75, 3.05) is 0 Å². The van der Waals surface area contributed by atoms with Crippen LogP contribution in [-0.4, -0.2) is 25.5 Å². The first-order valence-corrected chi connectivity index (χ1v) is 7.73. The van der Waals surface area contributed by atoms with Crippen molar-refractivity contribution in [3.8, 4) is 28.3 Å². The molecule has 0 saturated heterocycles. The molecule has 0 unspecified atom stereocenters. The minimum absolute atomic E-state index is 0.0436. The fraction of sp³-hybridized carbons (Fsp3) is 0.0556. The molecule has 4 rings (SSSR count). The molecule has 0 aliphatic rings. The third-order valence-corrected chi connectivity index (χ3v) is 4.14. The second-order valence-corrected chi connectivity index (χ2v) is 5.74. The number of fused-ring (bicyclic) bond motifs is 1. The molecule has 2 aromatic heterocycles. The van der Waals surface area contributed by atoms with Gasteiger partial charge < -0.3 is 9.52 Å². The van der Waals surface area contributed by atoms with Gasteiger partial charge in [0.2, 0.25) is 11.6 Å². The van der Waals surface area contributed by atoms with Crippen LogP contribution in [0.4, 0.5) is 8.78 Å². The molecule has 7 nitrogen and oxygen atoms in total. The van der Waals surface area contributed by atoms with Gasteiger partial charge in [0.15, 0.2) is 23.5 Å². The molecule has 0 bridgehead atoms. The lowest BCUT2D eigenvalue weighted by Gasteiger charge is -2.10. The average Bonchev–Trinajstić information content (AvgIpc) is 2.68. The first-order valence-electron chi connectivity index (χ1n) is 7.73. The topological polar surface area (TPSA) is 102 Å². The largest absolute Gasteiger partial charge is 0.503 e. The van der Waals surface area contributed by atoms with Crippen LogP contribution in [0.1, 0.15) is 5.56 Å². The Labute approximate surface area is 149 Å². The SMILES string of the molecule is Cc1c(-c2cccc(-c3nncnn3)c2)c(=O)oc2c(F)c(O)c(F)cc12. The monoisotopic (exact) mass is 368 g/mol. The molecule has 2 heterocycles. The van der Waals surface area contributed by atoms with Gasteiger partial charge in [0.1, 0.15) is 0 Å². The summed E-state index contributed by atoms with van der Waals surface area (Å²) in [4.78, 5) is 12.5. The van der Waals surface area contributed by atoms with E-state index in [1.54, 1.807) is 31.2 Å². The van der Waals surface area contributed by atoms with E-state index in [4.69, 9.17) is 4.42 Å². The van der Waals surface area contributed by atoms with Crippen LogP contribution in [0, 0.1) is 18.6 Å². The highest BCUT2D eigenvalue weighted by atomic mass is 19.1. The predicted octanol–water partition coefficient (Wildman–Crippen LogP) is 3.00. The highest BCUT2D eigenvalue weighted by Crippen LogP contribution is 2.33. The van der Waals surface area contributed by atoms with Crippen molar-refractivity contribution in [1.29, 1.82) is 0 Å². The number of nitrogens with zero attached hydrogens (tertiary/aromatic N) is 4. The quantitative estimate of drug-likeness (QED) is 0.543. The van der Waals surface area contributed by atoms with Crippen LogP contribution in [0.25, 0.3) is 33.5 Å². The molecule has 0 radical (unpaired) electrons. The Balaban J connectivity index is 1.98. The zero-order chi connectivity index (χ0) is 19.1. The van der Waals surface area contributed by atoms with Crippen molar-refractivity contribution in [3.05, 3.63) is 64.3 Å². The number of aromatic nitrogens is 4. The molecule has 4 aromatic rings. The van der Waals surface area contributed by atoms with Crippen LogP contribution in [0.3, 0.4) is 0 Å². The first-order chi connectivity index (χ1) is 13.0. The Bertz CT molecular complexity index is 1240. The van der Waals surface area contributed by atoms with E-state index in [2.05, 4.69) is 20.4 Å². The van der Waals surface area contributed by atoms with E-state index in [0.29, 0.717) is 16.7 Å². The Hall–Kier alpha value is -3.75. The number of hydrogen-bond donors (Lipinski definition) is 1. The molecule has 0 aliphatic heterocycles. The number of phenolic OH excluding ortho intramolecular Hbond substituents is 1. The summed E-state index contributed by atoms with van der Waals surface area (Å²) in [6.07, 6.45) is 1.19. The van der Waals surface area contributed by atoms with E-state index in [1.807, 2.05) is 0 Å². The van der Waals surface area contributed by atoms with Crippen molar-refractivity contribution < 1.29 is 18.3 Å². The molecule has 0 saturated carbocycles. The van der Waals surface area contributed by atoms with Gasteiger partial charge in [-0.3, -0.25) is 0 Å². The zero-order valence-corrected chi connectivity index (χ0v) is 13.8. The molecule has 0 fully saturated rings. The van der Waals surface area contributed by atoms with Crippen LogP contribution in [0.2, 0.25) is 0 Å². The lowest BCUT2D eigenvalue weighted by atomic mass is 9.97. The smallest absolute Gasteiger partial charge is 0.344 e. The van der Waals surface area contributed by atoms with Crippen LogP contribution in [0.5, 0.6) is 5.75 Å². The van der Waals surface area contributed by atoms with Crippen molar-refractivity contribution in [2.24, 2.45) is 0 Å². The summed E-state index contributed by atoms with van der Waals surface area (Å²) in [6.45, 7) is 1.54. The van der Waals surface area contributed by atoms with Gasteiger partial charge >= 0.3 is 5.63 Å². The minimum atomic E-state index is -1.32. The van der Waals surface area contributed by atoms with Crippen LogP contribution in [0.15, 0.2) is 45.9 Å². The molecule has 0 atom stereocenters. The maximum Gasteiger partial charge on any atom is 0.344 e. The highest BCUT2D eigenvalue weighted by molar-refractivity contribution is 5.88. The van der Waals surface area contributed by atoms with Gasteiger partial charge in [-0.1, -0.05) is 18.2 Å². The number of rotatable bonds is 2. The number of benzene rings is 2. The molecule has 0 spiro atoms. The lowest BCUT2D eigenvalue weighted by molar-refractivity contribution is 0.392. The zero-order valence-electron chi connectivity index (χ0n) is 13.8. The molecule has 1 N–H and O–H groups in total. The molecular formula is C18H10F2N4O3. The lowest BCUT2D eigenvalue weighted by Crippen LogP contribution is -2.07. The van der Waals surface area contributed by atoms with Crippen molar-refractivity contribution >= 4 is 11.0 Å². The molecule has 0 amide bonds. The van der Waals surface area contributed by atoms with Gasteiger partial charge in [-0.05, 0) is 30.2 Å². The molecular weight excluding hydrogens is 358 g/mol. The summed E-state index contributed by atoms with van der Waals surface area (Å²) >= 11 is 0. The highest BCUT2D eigenvalue weighted by Gasteiger charge is 2.21. The average molecular weight is 368 g/mol. The van der Waals surface area contributed by atoms with Crippen LogP contribution >= 0.6 is 0 Å². The normalized spacial score (nSPS) is 11.1. The minimum Gasteiger partial charge on any atom is -0.503 e. The maximum atomic E-state index is 14.1. The second-order valence-electron chi connectivity index (χ2n) is 5.74. The summed E-state index contributed by atoms with van der Waals surface area (Å²) in [7, 11) is 0. The van der Waals surface area contributed by atoms with Gasteiger partial charge in [-0.25, -0.2) is 9.18 Å². The molecule has 134 valence electrons. The van der Waals surface area contributed by atoms with Gasteiger partial charge in [0, 0.05) is 10.9 Å². The molecule has 27 heavy (non-hydrogen) atoms. The standard InChI is InChI=1S/C18H10F2N4O3/c1-8-11-6-12(19)15(25)14(20)16(11)27-18(26)13(8)9-3-2-4-10(5-9)17-23-21-7-22-24-17/h2-7,25H,1H3. The fourth-order valence-corrected chi connectivity index (χ4v) is 2.87. The number of hydrogen-bond acceptors (Lipinski definition) is 7.